The van der Waals surface area contributed by atoms with Gasteiger partial charge in [0, 0.05) is 42.4 Å². The molecule has 1 aliphatic carbocycles. The number of aryl methyl sites for hydroxylation is 1. The number of benzene rings is 2. The first kappa shape index (κ1) is 17.1. The number of nitrogens with zero attached hydrogens (tertiary/aromatic N) is 5. The molecule has 3 heterocycles. The van der Waals surface area contributed by atoms with Crippen LogP contribution >= 0.6 is 0 Å². The minimum absolute atomic E-state index is 0.642. The van der Waals surface area contributed by atoms with Crippen LogP contribution in [0.4, 0.5) is 0 Å². The lowest BCUT2D eigenvalue weighted by Crippen LogP contribution is -2.03. The molecule has 0 spiro atoms. The Labute approximate surface area is 173 Å². The molecule has 6 rings (SSSR count). The van der Waals surface area contributed by atoms with E-state index in [9.17, 15) is 0 Å². The van der Waals surface area contributed by atoms with E-state index >= 15 is 0 Å². The normalized spacial score (nSPS) is 13.9. The number of fused-ring (bicyclic) bond motifs is 1. The Balaban J connectivity index is 1.32. The fraction of sp³-hybridized carbons (Fsp3) is 0.217. The van der Waals surface area contributed by atoms with Crippen LogP contribution in [0.3, 0.4) is 0 Å². The number of aromatic nitrogens is 7. The second kappa shape index (κ2) is 6.66. The topological polar surface area (TPSA) is 88.1 Å². The highest BCUT2D eigenvalue weighted by Crippen LogP contribution is 2.45. The molecule has 7 nitrogen and oxygen atoms in total. The Morgan fingerprint density at radius 1 is 1.07 bits per heavy atom. The summed E-state index contributed by atoms with van der Waals surface area (Å²) in [6, 6.07) is 12.5. The van der Waals surface area contributed by atoms with E-state index in [-0.39, 0.29) is 0 Å². The van der Waals surface area contributed by atoms with Gasteiger partial charge in [-0.3, -0.25) is 9.78 Å². The maximum absolute atomic E-state index is 4.86. The zero-order valence-electron chi connectivity index (χ0n) is 16.6. The van der Waals surface area contributed by atoms with Crippen molar-refractivity contribution in [3.63, 3.8) is 0 Å². The van der Waals surface area contributed by atoms with Gasteiger partial charge in [0.05, 0.1) is 11.7 Å². The standard InChI is InChI=1S/C23H21N7/c1-30-20(12-17-8-9-19-18(13-26-28-19)21(17)14-2-3-14)27-23(29-30)16-6-4-15(5-7-16)22-24-10-11-25-22/h4-11,13-14H,2-3,12H2,1H3,(H,24,25)(H,26,28). The highest BCUT2D eigenvalue weighted by Gasteiger charge is 2.29. The van der Waals surface area contributed by atoms with Gasteiger partial charge in [0.2, 0.25) is 0 Å². The van der Waals surface area contributed by atoms with E-state index in [1.807, 2.05) is 48.4 Å². The fourth-order valence-corrected chi connectivity index (χ4v) is 4.16. The summed E-state index contributed by atoms with van der Waals surface area (Å²) >= 11 is 0. The zero-order chi connectivity index (χ0) is 20.1. The van der Waals surface area contributed by atoms with Crippen LogP contribution in [0.15, 0.2) is 55.0 Å². The van der Waals surface area contributed by atoms with Crippen molar-refractivity contribution in [2.45, 2.75) is 25.2 Å². The second-order valence-corrected chi connectivity index (χ2v) is 7.91. The van der Waals surface area contributed by atoms with Crippen molar-refractivity contribution in [2.75, 3.05) is 0 Å². The summed E-state index contributed by atoms with van der Waals surface area (Å²) in [6.07, 6.45) is 8.81. The molecule has 30 heavy (non-hydrogen) atoms. The Morgan fingerprint density at radius 2 is 1.90 bits per heavy atom. The van der Waals surface area contributed by atoms with Gasteiger partial charge in [0.1, 0.15) is 11.6 Å². The van der Waals surface area contributed by atoms with Gasteiger partial charge < -0.3 is 4.98 Å². The van der Waals surface area contributed by atoms with Crippen molar-refractivity contribution in [3.8, 4) is 22.8 Å². The minimum Gasteiger partial charge on any atom is -0.345 e. The summed E-state index contributed by atoms with van der Waals surface area (Å²) < 4.78 is 1.89. The quantitative estimate of drug-likeness (QED) is 0.466. The molecule has 2 aromatic carbocycles. The van der Waals surface area contributed by atoms with Crippen molar-refractivity contribution < 1.29 is 0 Å². The van der Waals surface area contributed by atoms with Crippen molar-refractivity contribution in [1.82, 2.24) is 34.9 Å². The third kappa shape index (κ3) is 2.90. The molecule has 0 unspecified atom stereocenters. The summed E-state index contributed by atoms with van der Waals surface area (Å²) in [4.78, 5) is 12.3. The van der Waals surface area contributed by atoms with Crippen LogP contribution in [0.25, 0.3) is 33.7 Å². The Morgan fingerprint density at radius 3 is 2.67 bits per heavy atom. The average Bonchev–Trinajstić information content (AvgIpc) is 3.15. The molecule has 0 bridgehead atoms. The van der Waals surface area contributed by atoms with Crippen LogP contribution in [0, 0.1) is 0 Å². The van der Waals surface area contributed by atoms with Crippen LogP contribution < -0.4 is 0 Å². The van der Waals surface area contributed by atoms with Crippen molar-refractivity contribution in [2.24, 2.45) is 7.05 Å². The highest BCUT2D eigenvalue weighted by atomic mass is 15.3. The Hall–Kier alpha value is -3.74. The van der Waals surface area contributed by atoms with E-state index in [4.69, 9.17) is 4.98 Å². The summed E-state index contributed by atoms with van der Waals surface area (Å²) in [6.45, 7) is 0. The van der Waals surface area contributed by atoms with E-state index in [1.165, 1.54) is 29.4 Å². The molecule has 1 saturated carbocycles. The first-order chi connectivity index (χ1) is 14.8. The molecular weight excluding hydrogens is 374 g/mol. The molecule has 1 fully saturated rings. The lowest BCUT2D eigenvalue weighted by Gasteiger charge is -2.09. The van der Waals surface area contributed by atoms with Crippen molar-refractivity contribution in [3.05, 3.63) is 71.9 Å². The summed E-state index contributed by atoms with van der Waals surface area (Å²) in [5, 5.41) is 13.3. The van der Waals surface area contributed by atoms with Gasteiger partial charge in [-0.05, 0) is 36.0 Å². The minimum atomic E-state index is 0.642. The molecule has 5 aromatic rings. The number of imidazole rings is 1. The molecule has 0 atom stereocenters. The number of H-pyrrole nitrogens is 2. The van der Waals surface area contributed by atoms with Gasteiger partial charge in [-0.15, -0.1) is 0 Å². The highest BCUT2D eigenvalue weighted by molar-refractivity contribution is 5.84. The summed E-state index contributed by atoms with van der Waals surface area (Å²) in [5.74, 6) is 3.21. The van der Waals surface area contributed by atoms with Crippen LogP contribution in [0.2, 0.25) is 0 Å². The van der Waals surface area contributed by atoms with Crippen molar-refractivity contribution >= 4 is 10.9 Å². The number of hydrogen-bond donors (Lipinski definition) is 2. The maximum atomic E-state index is 4.86. The molecule has 7 heteroatoms. The molecule has 0 radical (unpaired) electrons. The second-order valence-electron chi connectivity index (χ2n) is 7.91. The van der Waals surface area contributed by atoms with Gasteiger partial charge in [0.15, 0.2) is 5.82 Å². The van der Waals surface area contributed by atoms with Crippen LogP contribution in [0.5, 0.6) is 0 Å². The molecule has 0 amide bonds. The molecule has 1 aliphatic rings. The van der Waals surface area contributed by atoms with Crippen LogP contribution in [-0.4, -0.2) is 34.9 Å². The molecule has 148 valence electrons. The number of hydrogen-bond acceptors (Lipinski definition) is 4. The lowest BCUT2D eigenvalue weighted by atomic mass is 9.97. The molecule has 3 aromatic heterocycles. The van der Waals surface area contributed by atoms with Gasteiger partial charge in [0.25, 0.3) is 0 Å². The molecule has 0 saturated heterocycles. The Kier molecular flexibility index (Phi) is 3.80. The van der Waals surface area contributed by atoms with E-state index in [0.717, 1.165) is 40.5 Å². The summed E-state index contributed by atoms with van der Waals surface area (Å²) in [7, 11) is 1.97. The first-order valence-corrected chi connectivity index (χ1v) is 10.2. The molecule has 0 aliphatic heterocycles. The fourth-order valence-electron chi connectivity index (χ4n) is 4.16. The maximum Gasteiger partial charge on any atom is 0.181 e. The van der Waals surface area contributed by atoms with Gasteiger partial charge in [-0.2, -0.15) is 10.2 Å². The zero-order valence-corrected chi connectivity index (χ0v) is 16.6. The lowest BCUT2D eigenvalue weighted by molar-refractivity contribution is 0.716. The van der Waals surface area contributed by atoms with E-state index < -0.39 is 0 Å². The SMILES string of the molecule is Cn1nc(-c2ccc(-c3ncc[nH]3)cc2)nc1Cc1ccc2[nH]ncc2c1C1CC1. The summed E-state index contributed by atoms with van der Waals surface area (Å²) in [5.41, 5.74) is 5.90. The number of rotatable bonds is 5. The monoisotopic (exact) mass is 395 g/mol. The molecular formula is C23H21N7. The van der Waals surface area contributed by atoms with E-state index in [2.05, 4.69) is 37.4 Å². The third-order valence-electron chi connectivity index (χ3n) is 5.86. The average molecular weight is 395 g/mol. The predicted molar refractivity (Wildman–Crippen MR) is 115 cm³/mol. The van der Waals surface area contributed by atoms with E-state index in [1.54, 1.807) is 6.20 Å². The smallest absolute Gasteiger partial charge is 0.181 e. The van der Waals surface area contributed by atoms with Gasteiger partial charge in [-0.25, -0.2) is 9.97 Å². The largest absolute Gasteiger partial charge is 0.345 e. The number of aromatic amines is 2. The molecule has 2 N–H and O–H groups in total. The van der Waals surface area contributed by atoms with E-state index in [0.29, 0.717) is 5.92 Å². The van der Waals surface area contributed by atoms with Gasteiger partial charge >= 0.3 is 0 Å². The van der Waals surface area contributed by atoms with Gasteiger partial charge in [-0.1, -0.05) is 30.3 Å². The van der Waals surface area contributed by atoms with Crippen LogP contribution in [0.1, 0.15) is 35.7 Å². The first-order valence-electron chi connectivity index (χ1n) is 10.2. The van der Waals surface area contributed by atoms with Crippen LogP contribution in [-0.2, 0) is 13.5 Å². The predicted octanol–water partition coefficient (Wildman–Crippen LogP) is 4.22. The Bertz CT molecular complexity index is 1320. The third-order valence-corrected chi connectivity index (χ3v) is 5.86. The number of nitrogens with one attached hydrogen (secondary N) is 2. The van der Waals surface area contributed by atoms with Crippen molar-refractivity contribution in [1.29, 1.82) is 0 Å².